The maximum atomic E-state index is 9.16. The first-order chi connectivity index (χ1) is 5.59. The molecule has 0 aliphatic heterocycles. The van der Waals surface area contributed by atoms with E-state index in [0.29, 0.717) is 5.92 Å². The van der Waals surface area contributed by atoms with Crippen molar-refractivity contribution < 1.29 is 10.2 Å². The second kappa shape index (κ2) is 3.48. The van der Waals surface area contributed by atoms with E-state index in [9.17, 15) is 0 Å². The van der Waals surface area contributed by atoms with E-state index in [-0.39, 0.29) is 11.5 Å². The molecular formula is C10H14O2. The standard InChI is InChI=1S/C10H14O2/c1-7(2)5-8-3-4-9(11)10(12)6-8/h3-4,6-7,11-12H,5H2,1-2H3. The second-order valence-corrected chi connectivity index (χ2v) is 3.42. The number of hydrogen-bond donors (Lipinski definition) is 2. The Morgan fingerprint density at radius 3 is 2.33 bits per heavy atom. The molecule has 0 aliphatic carbocycles. The minimum absolute atomic E-state index is 0.0341. The molecular weight excluding hydrogens is 152 g/mol. The highest BCUT2D eigenvalue weighted by atomic mass is 16.3. The molecule has 66 valence electrons. The van der Waals surface area contributed by atoms with Crippen LogP contribution in [0.4, 0.5) is 0 Å². The molecule has 0 aromatic heterocycles. The Morgan fingerprint density at radius 2 is 1.83 bits per heavy atom. The van der Waals surface area contributed by atoms with Crippen molar-refractivity contribution in [3.63, 3.8) is 0 Å². The van der Waals surface area contributed by atoms with E-state index in [4.69, 9.17) is 10.2 Å². The highest BCUT2D eigenvalue weighted by Gasteiger charge is 2.01. The largest absolute Gasteiger partial charge is 0.504 e. The third-order valence-corrected chi connectivity index (χ3v) is 1.68. The molecule has 1 aromatic rings. The van der Waals surface area contributed by atoms with Crippen molar-refractivity contribution in [3.8, 4) is 11.5 Å². The van der Waals surface area contributed by atoms with E-state index in [2.05, 4.69) is 13.8 Å². The summed E-state index contributed by atoms with van der Waals surface area (Å²) in [6, 6.07) is 4.96. The van der Waals surface area contributed by atoms with Gasteiger partial charge in [0.25, 0.3) is 0 Å². The Balaban J connectivity index is 2.82. The smallest absolute Gasteiger partial charge is 0.157 e. The van der Waals surface area contributed by atoms with Gasteiger partial charge in [0.05, 0.1) is 0 Å². The van der Waals surface area contributed by atoms with Crippen molar-refractivity contribution in [1.29, 1.82) is 0 Å². The van der Waals surface area contributed by atoms with Crippen LogP contribution < -0.4 is 0 Å². The fourth-order valence-corrected chi connectivity index (χ4v) is 1.17. The van der Waals surface area contributed by atoms with Crippen LogP contribution in [-0.4, -0.2) is 10.2 Å². The molecule has 0 aliphatic rings. The average Bonchev–Trinajstić information content (AvgIpc) is 1.96. The van der Waals surface area contributed by atoms with Gasteiger partial charge in [-0.3, -0.25) is 0 Å². The first kappa shape index (κ1) is 8.91. The van der Waals surface area contributed by atoms with Crippen LogP contribution in [0.25, 0.3) is 0 Å². The van der Waals surface area contributed by atoms with Gasteiger partial charge in [0, 0.05) is 0 Å². The normalized spacial score (nSPS) is 10.6. The average molecular weight is 166 g/mol. The minimum atomic E-state index is -0.0532. The van der Waals surface area contributed by atoms with Gasteiger partial charge in [-0.2, -0.15) is 0 Å². The second-order valence-electron chi connectivity index (χ2n) is 3.42. The van der Waals surface area contributed by atoms with Crippen LogP contribution in [0.1, 0.15) is 19.4 Å². The number of rotatable bonds is 2. The zero-order chi connectivity index (χ0) is 9.14. The minimum Gasteiger partial charge on any atom is -0.504 e. The van der Waals surface area contributed by atoms with E-state index in [0.717, 1.165) is 12.0 Å². The first-order valence-electron chi connectivity index (χ1n) is 4.10. The molecule has 0 heterocycles. The number of aromatic hydroxyl groups is 2. The lowest BCUT2D eigenvalue weighted by Crippen LogP contribution is -1.92. The summed E-state index contributed by atoms with van der Waals surface area (Å²) >= 11 is 0. The van der Waals surface area contributed by atoms with Gasteiger partial charge >= 0.3 is 0 Å². The van der Waals surface area contributed by atoms with E-state index in [1.807, 2.05) is 6.07 Å². The van der Waals surface area contributed by atoms with E-state index >= 15 is 0 Å². The maximum absolute atomic E-state index is 9.16. The molecule has 1 aromatic carbocycles. The van der Waals surface area contributed by atoms with Crippen molar-refractivity contribution in [1.82, 2.24) is 0 Å². The first-order valence-corrected chi connectivity index (χ1v) is 4.10. The Labute approximate surface area is 72.5 Å². The van der Waals surface area contributed by atoms with Crippen LogP contribution in [0.2, 0.25) is 0 Å². The van der Waals surface area contributed by atoms with Gasteiger partial charge in [0.15, 0.2) is 11.5 Å². The van der Waals surface area contributed by atoms with Crippen LogP contribution in [0.5, 0.6) is 11.5 Å². The molecule has 2 heteroatoms. The van der Waals surface area contributed by atoms with Crippen molar-refractivity contribution in [3.05, 3.63) is 23.8 Å². The molecule has 0 unspecified atom stereocenters. The lowest BCUT2D eigenvalue weighted by molar-refractivity contribution is 0.403. The molecule has 0 amide bonds. The van der Waals surface area contributed by atoms with Gasteiger partial charge in [0.1, 0.15) is 0 Å². The molecule has 0 spiro atoms. The van der Waals surface area contributed by atoms with Gasteiger partial charge in [-0.1, -0.05) is 19.9 Å². The van der Waals surface area contributed by atoms with Crippen LogP contribution in [0, 0.1) is 5.92 Å². The lowest BCUT2D eigenvalue weighted by atomic mass is 10.0. The van der Waals surface area contributed by atoms with Gasteiger partial charge in [-0.15, -0.1) is 0 Å². The molecule has 2 N–H and O–H groups in total. The van der Waals surface area contributed by atoms with Gasteiger partial charge in [0.2, 0.25) is 0 Å². The summed E-state index contributed by atoms with van der Waals surface area (Å²) in [5.74, 6) is 0.476. The predicted molar refractivity (Wildman–Crippen MR) is 48.3 cm³/mol. The fraction of sp³-hybridized carbons (Fsp3) is 0.400. The van der Waals surface area contributed by atoms with Crippen LogP contribution in [0.15, 0.2) is 18.2 Å². The molecule has 0 saturated carbocycles. The number of phenolic OH excluding ortho intramolecular Hbond substituents is 2. The summed E-state index contributed by atoms with van der Waals surface area (Å²) in [4.78, 5) is 0. The number of phenols is 2. The van der Waals surface area contributed by atoms with Crippen molar-refractivity contribution >= 4 is 0 Å². The van der Waals surface area contributed by atoms with Crippen molar-refractivity contribution in [2.45, 2.75) is 20.3 Å². The van der Waals surface area contributed by atoms with E-state index in [1.54, 1.807) is 6.07 Å². The van der Waals surface area contributed by atoms with E-state index < -0.39 is 0 Å². The van der Waals surface area contributed by atoms with Crippen LogP contribution in [-0.2, 0) is 6.42 Å². The summed E-state index contributed by atoms with van der Waals surface area (Å²) < 4.78 is 0. The summed E-state index contributed by atoms with van der Waals surface area (Å²) in [5.41, 5.74) is 1.06. The Hall–Kier alpha value is -1.18. The zero-order valence-electron chi connectivity index (χ0n) is 7.41. The van der Waals surface area contributed by atoms with Crippen LogP contribution >= 0.6 is 0 Å². The summed E-state index contributed by atoms with van der Waals surface area (Å²) in [6.45, 7) is 4.23. The quantitative estimate of drug-likeness (QED) is 0.662. The molecule has 0 atom stereocenters. The molecule has 12 heavy (non-hydrogen) atoms. The van der Waals surface area contributed by atoms with Gasteiger partial charge in [-0.05, 0) is 30.0 Å². The van der Waals surface area contributed by atoms with E-state index in [1.165, 1.54) is 6.07 Å². The SMILES string of the molecule is CC(C)Cc1ccc(O)c(O)c1. The number of benzene rings is 1. The fourth-order valence-electron chi connectivity index (χ4n) is 1.17. The predicted octanol–water partition coefficient (Wildman–Crippen LogP) is 2.30. The zero-order valence-corrected chi connectivity index (χ0v) is 7.41. The molecule has 0 saturated heterocycles. The highest BCUT2D eigenvalue weighted by Crippen LogP contribution is 2.25. The summed E-state index contributed by atoms with van der Waals surface area (Å²) in [6.07, 6.45) is 0.924. The third-order valence-electron chi connectivity index (χ3n) is 1.68. The molecule has 0 radical (unpaired) electrons. The monoisotopic (exact) mass is 166 g/mol. The molecule has 0 bridgehead atoms. The maximum Gasteiger partial charge on any atom is 0.157 e. The lowest BCUT2D eigenvalue weighted by Gasteiger charge is -2.05. The highest BCUT2D eigenvalue weighted by molar-refractivity contribution is 5.40. The Bertz CT molecular complexity index is 267. The topological polar surface area (TPSA) is 40.5 Å². The Morgan fingerprint density at radius 1 is 1.17 bits per heavy atom. The molecule has 1 rings (SSSR count). The van der Waals surface area contributed by atoms with Crippen molar-refractivity contribution in [2.24, 2.45) is 5.92 Å². The molecule has 2 nitrogen and oxygen atoms in total. The number of hydrogen-bond acceptors (Lipinski definition) is 2. The Kier molecular flexibility index (Phi) is 2.58. The molecule has 0 fully saturated rings. The van der Waals surface area contributed by atoms with Gasteiger partial charge < -0.3 is 10.2 Å². The van der Waals surface area contributed by atoms with Crippen LogP contribution in [0.3, 0.4) is 0 Å². The summed E-state index contributed by atoms with van der Waals surface area (Å²) in [5, 5.41) is 18.2. The summed E-state index contributed by atoms with van der Waals surface area (Å²) in [7, 11) is 0. The van der Waals surface area contributed by atoms with Crippen molar-refractivity contribution in [2.75, 3.05) is 0 Å². The third kappa shape index (κ3) is 2.16. The van der Waals surface area contributed by atoms with Gasteiger partial charge in [-0.25, -0.2) is 0 Å².